The first kappa shape index (κ1) is 18.9. The molecule has 0 saturated carbocycles. The minimum Gasteiger partial charge on any atom is -0.508 e. The molecule has 5 aromatic rings. The first-order chi connectivity index (χ1) is 15.7. The molecule has 0 atom stereocenters. The Kier molecular flexibility index (Phi) is 4.36. The van der Waals surface area contributed by atoms with Crippen molar-refractivity contribution in [3.05, 3.63) is 54.1 Å². The Balaban J connectivity index is 1.47. The zero-order valence-corrected chi connectivity index (χ0v) is 17.1. The molecule has 0 bridgehead atoms. The summed E-state index contributed by atoms with van der Waals surface area (Å²) in [5, 5.41) is 20.7. The van der Waals surface area contributed by atoms with Gasteiger partial charge in [0.25, 0.3) is 0 Å². The molecule has 1 fully saturated rings. The van der Waals surface area contributed by atoms with Crippen LogP contribution in [0.2, 0.25) is 0 Å². The number of aromatic amines is 2. The molecule has 4 aromatic heterocycles. The van der Waals surface area contributed by atoms with Crippen LogP contribution < -0.4 is 5.32 Å². The number of pyridine rings is 2. The smallest absolute Gasteiger partial charge is 0.162 e. The minimum absolute atomic E-state index is 0.145. The Hall–Kier alpha value is -3.85. The summed E-state index contributed by atoms with van der Waals surface area (Å²) in [7, 11) is 0. The van der Waals surface area contributed by atoms with E-state index in [-0.39, 0.29) is 5.75 Å². The number of halogens is 1. The fourth-order valence-corrected chi connectivity index (χ4v) is 4.41. The van der Waals surface area contributed by atoms with Crippen LogP contribution in [-0.2, 0) is 0 Å². The second-order valence-electron chi connectivity index (χ2n) is 8.07. The van der Waals surface area contributed by atoms with E-state index in [0.29, 0.717) is 39.7 Å². The van der Waals surface area contributed by atoms with Gasteiger partial charge in [-0.15, -0.1) is 0 Å². The van der Waals surface area contributed by atoms with Crippen LogP contribution >= 0.6 is 0 Å². The van der Waals surface area contributed by atoms with Crippen LogP contribution in [0.25, 0.3) is 44.8 Å². The van der Waals surface area contributed by atoms with E-state index in [9.17, 15) is 9.50 Å². The van der Waals surface area contributed by atoms with Crippen molar-refractivity contribution in [2.75, 3.05) is 13.1 Å². The number of fused-ring (bicyclic) bond motifs is 2. The number of hydrogen-bond acceptors (Lipinski definition) is 6. The standard InChI is InChI=1S/C23H20FN7O/c24-14-9-13(10-15(32)11-14)16-5-8-26-22-19(16)28-23(29-22)21-20-18(30-31-21)2-1-17(27-20)12-3-6-25-7-4-12/h1-2,5,8-12,25,32H,3-4,6-7H2,(H,30,31)(H,26,28,29). The van der Waals surface area contributed by atoms with Crippen LogP contribution in [-0.4, -0.2) is 48.3 Å². The molecule has 8 nitrogen and oxygen atoms in total. The van der Waals surface area contributed by atoms with Gasteiger partial charge in [-0.05, 0) is 61.8 Å². The van der Waals surface area contributed by atoms with Gasteiger partial charge < -0.3 is 15.4 Å². The first-order valence-electron chi connectivity index (χ1n) is 10.6. The maximum absolute atomic E-state index is 13.9. The molecule has 0 spiro atoms. The Labute approximate surface area is 182 Å². The third-order valence-electron chi connectivity index (χ3n) is 5.99. The first-order valence-corrected chi connectivity index (χ1v) is 10.6. The molecular formula is C23H20FN7O. The van der Waals surface area contributed by atoms with Crippen molar-refractivity contribution in [3.8, 4) is 28.4 Å². The van der Waals surface area contributed by atoms with Crippen molar-refractivity contribution in [2.45, 2.75) is 18.8 Å². The minimum atomic E-state index is -0.520. The largest absolute Gasteiger partial charge is 0.508 e. The number of rotatable bonds is 3. The number of hydrogen-bond donors (Lipinski definition) is 4. The number of phenolic OH excluding ortho intramolecular Hbond substituents is 1. The molecular weight excluding hydrogens is 409 g/mol. The van der Waals surface area contributed by atoms with Crippen LogP contribution in [0.15, 0.2) is 42.6 Å². The number of nitrogens with one attached hydrogen (secondary N) is 3. The summed E-state index contributed by atoms with van der Waals surface area (Å²) >= 11 is 0. The van der Waals surface area contributed by atoms with Gasteiger partial charge in [0.1, 0.15) is 22.6 Å². The highest BCUT2D eigenvalue weighted by Crippen LogP contribution is 2.33. The molecule has 1 aromatic carbocycles. The third-order valence-corrected chi connectivity index (χ3v) is 5.99. The van der Waals surface area contributed by atoms with Crippen LogP contribution in [0, 0.1) is 5.82 Å². The Bertz CT molecular complexity index is 1430. The second-order valence-corrected chi connectivity index (χ2v) is 8.07. The van der Waals surface area contributed by atoms with Gasteiger partial charge in [0.2, 0.25) is 0 Å². The van der Waals surface area contributed by atoms with Crippen LogP contribution in [0.5, 0.6) is 5.75 Å². The molecule has 0 radical (unpaired) electrons. The molecule has 9 heteroatoms. The number of aromatic nitrogens is 6. The number of piperidine rings is 1. The summed E-state index contributed by atoms with van der Waals surface area (Å²) in [5.41, 5.74) is 5.56. The van der Waals surface area contributed by atoms with Crippen molar-refractivity contribution in [2.24, 2.45) is 0 Å². The van der Waals surface area contributed by atoms with Gasteiger partial charge in [0.05, 0.1) is 5.52 Å². The predicted octanol–water partition coefficient (Wildman–Crippen LogP) is 3.87. The summed E-state index contributed by atoms with van der Waals surface area (Å²) < 4.78 is 13.9. The van der Waals surface area contributed by atoms with E-state index in [1.807, 2.05) is 6.07 Å². The molecule has 6 rings (SSSR count). The average Bonchev–Trinajstić information content (AvgIpc) is 3.42. The van der Waals surface area contributed by atoms with Crippen LogP contribution in [0.3, 0.4) is 0 Å². The summed E-state index contributed by atoms with van der Waals surface area (Å²) in [6.45, 7) is 1.99. The van der Waals surface area contributed by atoms with Gasteiger partial charge in [0.15, 0.2) is 17.2 Å². The van der Waals surface area contributed by atoms with Gasteiger partial charge in [-0.2, -0.15) is 5.10 Å². The zero-order valence-electron chi connectivity index (χ0n) is 17.1. The molecule has 5 heterocycles. The van der Waals surface area contributed by atoms with Crippen LogP contribution in [0.4, 0.5) is 4.39 Å². The second kappa shape index (κ2) is 7.38. The molecule has 1 saturated heterocycles. The predicted molar refractivity (Wildman–Crippen MR) is 119 cm³/mol. The van der Waals surface area contributed by atoms with E-state index in [0.717, 1.165) is 48.7 Å². The van der Waals surface area contributed by atoms with E-state index in [4.69, 9.17) is 9.97 Å². The van der Waals surface area contributed by atoms with Gasteiger partial charge in [-0.1, -0.05) is 0 Å². The van der Waals surface area contributed by atoms with Gasteiger partial charge in [-0.25, -0.2) is 19.3 Å². The monoisotopic (exact) mass is 429 g/mol. The third kappa shape index (κ3) is 3.18. The normalized spacial score (nSPS) is 15.0. The lowest BCUT2D eigenvalue weighted by molar-refractivity contribution is 0.454. The fourth-order valence-electron chi connectivity index (χ4n) is 4.41. The number of imidazole rings is 1. The van der Waals surface area contributed by atoms with Crippen molar-refractivity contribution in [1.29, 1.82) is 0 Å². The van der Waals surface area contributed by atoms with Gasteiger partial charge in [0, 0.05) is 29.4 Å². The van der Waals surface area contributed by atoms with Gasteiger partial charge in [-0.3, -0.25) is 5.10 Å². The van der Waals surface area contributed by atoms with Crippen molar-refractivity contribution in [1.82, 2.24) is 35.5 Å². The molecule has 0 unspecified atom stereocenters. The number of benzene rings is 1. The van der Waals surface area contributed by atoms with Crippen LogP contribution in [0.1, 0.15) is 24.5 Å². The summed E-state index contributed by atoms with van der Waals surface area (Å²) in [6.07, 6.45) is 3.74. The average molecular weight is 429 g/mol. The molecule has 32 heavy (non-hydrogen) atoms. The summed E-state index contributed by atoms with van der Waals surface area (Å²) in [6, 6.07) is 9.76. The summed E-state index contributed by atoms with van der Waals surface area (Å²) in [4.78, 5) is 17.2. The van der Waals surface area contributed by atoms with E-state index in [1.165, 1.54) is 12.1 Å². The lowest BCUT2D eigenvalue weighted by Crippen LogP contribution is -2.27. The maximum Gasteiger partial charge on any atom is 0.162 e. The highest BCUT2D eigenvalue weighted by Gasteiger charge is 2.20. The number of H-pyrrole nitrogens is 2. The highest BCUT2D eigenvalue weighted by atomic mass is 19.1. The van der Waals surface area contributed by atoms with E-state index in [1.54, 1.807) is 12.3 Å². The fraction of sp³-hybridized carbons (Fsp3) is 0.217. The van der Waals surface area contributed by atoms with Crippen molar-refractivity contribution >= 4 is 22.2 Å². The molecule has 1 aliphatic rings. The van der Waals surface area contributed by atoms with E-state index in [2.05, 4.69) is 31.5 Å². The molecule has 1 aliphatic heterocycles. The highest BCUT2D eigenvalue weighted by molar-refractivity contribution is 5.94. The Morgan fingerprint density at radius 1 is 1.00 bits per heavy atom. The maximum atomic E-state index is 13.9. The molecule has 4 N–H and O–H groups in total. The zero-order chi connectivity index (χ0) is 21.7. The summed E-state index contributed by atoms with van der Waals surface area (Å²) in [5.74, 6) is 0.289. The molecule has 160 valence electrons. The lowest BCUT2D eigenvalue weighted by atomic mass is 9.94. The quantitative estimate of drug-likeness (QED) is 0.346. The van der Waals surface area contributed by atoms with Gasteiger partial charge >= 0.3 is 0 Å². The van der Waals surface area contributed by atoms with E-state index >= 15 is 0 Å². The number of phenols is 1. The Morgan fingerprint density at radius 2 is 1.88 bits per heavy atom. The molecule has 0 amide bonds. The lowest BCUT2D eigenvalue weighted by Gasteiger charge is -2.22. The Morgan fingerprint density at radius 3 is 2.72 bits per heavy atom. The van der Waals surface area contributed by atoms with E-state index < -0.39 is 5.82 Å². The van der Waals surface area contributed by atoms with Crippen molar-refractivity contribution in [3.63, 3.8) is 0 Å². The topological polar surface area (TPSA) is 115 Å². The number of aromatic hydroxyl groups is 1. The number of nitrogens with zero attached hydrogens (tertiary/aromatic N) is 4. The molecule has 0 aliphatic carbocycles. The SMILES string of the molecule is Oc1cc(F)cc(-c2ccnc3[nH]c(-c4n[nH]c5ccc(C6CCNCC6)nc45)nc23)c1. The van der Waals surface area contributed by atoms with Crippen molar-refractivity contribution < 1.29 is 9.50 Å².